The molecule has 0 radical (unpaired) electrons. The smallest absolute Gasteiger partial charge is 0.241 e. The number of rotatable bonds is 5. The molecule has 5 nitrogen and oxygen atoms in total. The average molecular weight is 312 g/mol. The SMILES string of the molecule is Cc1nccn1CCN(C)CC(=O)N1c2ccccc2CC1C. The lowest BCUT2D eigenvalue weighted by atomic mass is 10.1. The van der Waals surface area contributed by atoms with E-state index in [1.807, 2.05) is 49.5 Å². The fourth-order valence-electron chi connectivity index (χ4n) is 3.25. The summed E-state index contributed by atoms with van der Waals surface area (Å²) in [6, 6.07) is 8.45. The van der Waals surface area contributed by atoms with Crippen LogP contribution in [0, 0.1) is 6.92 Å². The number of imidazole rings is 1. The third-order valence-corrected chi connectivity index (χ3v) is 4.53. The quantitative estimate of drug-likeness (QED) is 0.849. The second-order valence-electron chi connectivity index (χ2n) is 6.35. The molecule has 122 valence electrons. The van der Waals surface area contributed by atoms with Gasteiger partial charge >= 0.3 is 0 Å². The van der Waals surface area contributed by atoms with Crippen molar-refractivity contribution in [3.05, 3.63) is 48.0 Å². The number of aryl methyl sites for hydroxylation is 1. The normalized spacial score (nSPS) is 16.9. The predicted molar refractivity (Wildman–Crippen MR) is 91.6 cm³/mol. The van der Waals surface area contributed by atoms with E-state index in [-0.39, 0.29) is 11.9 Å². The Hall–Kier alpha value is -2.14. The standard InChI is InChI=1S/C18H24N4O/c1-14-12-16-6-4-5-7-17(16)22(14)18(23)13-20(3)10-11-21-9-8-19-15(21)2/h4-9,14H,10-13H2,1-3H3. The van der Waals surface area contributed by atoms with Crippen molar-refractivity contribution in [3.8, 4) is 0 Å². The van der Waals surface area contributed by atoms with Crippen LogP contribution in [0.3, 0.4) is 0 Å². The van der Waals surface area contributed by atoms with Gasteiger partial charge in [0, 0.05) is 37.2 Å². The van der Waals surface area contributed by atoms with Gasteiger partial charge in [-0.3, -0.25) is 9.69 Å². The molecule has 0 bridgehead atoms. The Labute approximate surface area is 137 Å². The van der Waals surface area contributed by atoms with E-state index in [1.54, 1.807) is 0 Å². The maximum Gasteiger partial charge on any atom is 0.241 e. The Bertz CT molecular complexity index is 694. The molecule has 5 heteroatoms. The highest BCUT2D eigenvalue weighted by Crippen LogP contribution is 2.31. The van der Waals surface area contributed by atoms with Gasteiger partial charge in [0.15, 0.2) is 0 Å². The zero-order valence-corrected chi connectivity index (χ0v) is 14.1. The molecular formula is C18H24N4O. The van der Waals surface area contributed by atoms with Crippen LogP contribution < -0.4 is 4.90 Å². The number of hydrogen-bond donors (Lipinski definition) is 0. The van der Waals surface area contributed by atoms with Gasteiger partial charge in [-0.05, 0) is 38.9 Å². The van der Waals surface area contributed by atoms with Crippen molar-refractivity contribution in [2.45, 2.75) is 32.9 Å². The molecule has 2 aromatic rings. The molecule has 1 aromatic carbocycles. The largest absolute Gasteiger partial charge is 0.334 e. The number of nitrogens with zero attached hydrogens (tertiary/aromatic N) is 4. The third-order valence-electron chi connectivity index (χ3n) is 4.53. The molecule has 23 heavy (non-hydrogen) atoms. The first-order chi connectivity index (χ1) is 11.1. The number of benzene rings is 1. The van der Waals surface area contributed by atoms with Crippen LogP contribution in [0.1, 0.15) is 18.3 Å². The van der Waals surface area contributed by atoms with Crippen LogP contribution >= 0.6 is 0 Å². The maximum atomic E-state index is 12.7. The summed E-state index contributed by atoms with van der Waals surface area (Å²) < 4.78 is 2.11. The number of carbonyl (C=O) groups excluding carboxylic acids is 1. The molecule has 0 fully saturated rings. The van der Waals surface area contributed by atoms with Gasteiger partial charge in [-0.2, -0.15) is 0 Å². The average Bonchev–Trinajstić information content (AvgIpc) is 3.07. The van der Waals surface area contributed by atoms with E-state index in [1.165, 1.54) is 5.56 Å². The summed E-state index contributed by atoms with van der Waals surface area (Å²) in [5.41, 5.74) is 2.34. The lowest BCUT2D eigenvalue weighted by Gasteiger charge is -2.26. The molecule has 2 heterocycles. The molecule has 0 aliphatic carbocycles. The van der Waals surface area contributed by atoms with E-state index in [9.17, 15) is 4.79 Å². The number of hydrogen-bond acceptors (Lipinski definition) is 3. The van der Waals surface area contributed by atoms with Crippen LogP contribution in [0.15, 0.2) is 36.7 Å². The van der Waals surface area contributed by atoms with Crippen LogP contribution in [-0.2, 0) is 17.8 Å². The van der Waals surface area contributed by atoms with Crippen LogP contribution in [0.4, 0.5) is 5.69 Å². The van der Waals surface area contributed by atoms with Gasteiger partial charge < -0.3 is 9.47 Å². The first-order valence-corrected chi connectivity index (χ1v) is 8.12. The first kappa shape index (κ1) is 15.7. The Morgan fingerprint density at radius 3 is 2.91 bits per heavy atom. The number of anilines is 1. The molecule has 1 aromatic heterocycles. The third kappa shape index (κ3) is 3.29. The molecule has 0 spiro atoms. The highest BCUT2D eigenvalue weighted by molar-refractivity contribution is 5.97. The lowest BCUT2D eigenvalue weighted by Crippen LogP contribution is -2.42. The molecule has 3 rings (SSSR count). The van der Waals surface area contributed by atoms with Crippen LogP contribution in [0.5, 0.6) is 0 Å². The number of aromatic nitrogens is 2. The molecule has 1 aliphatic rings. The van der Waals surface area contributed by atoms with Crippen molar-refractivity contribution >= 4 is 11.6 Å². The summed E-state index contributed by atoms with van der Waals surface area (Å²) in [5, 5.41) is 0. The molecule has 1 aliphatic heterocycles. The topological polar surface area (TPSA) is 41.4 Å². The molecule has 1 unspecified atom stereocenters. The van der Waals surface area contributed by atoms with E-state index < -0.39 is 0 Å². The van der Waals surface area contributed by atoms with Crippen LogP contribution in [0.25, 0.3) is 0 Å². The fourth-order valence-corrected chi connectivity index (χ4v) is 3.25. The molecular weight excluding hydrogens is 288 g/mol. The number of carbonyl (C=O) groups is 1. The zero-order chi connectivity index (χ0) is 16.4. The van der Waals surface area contributed by atoms with Gasteiger partial charge in [0.25, 0.3) is 0 Å². The second-order valence-corrected chi connectivity index (χ2v) is 6.35. The van der Waals surface area contributed by atoms with E-state index in [0.717, 1.165) is 31.0 Å². The van der Waals surface area contributed by atoms with Crippen molar-refractivity contribution in [3.63, 3.8) is 0 Å². The van der Waals surface area contributed by atoms with Gasteiger partial charge in [-0.15, -0.1) is 0 Å². The monoisotopic (exact) mass is 312 g/mol. The summed E-state index contributed by atoms with van der Waals surface area (Å²) in [5.74, 6) is 1.18. The molecule has 0 N–H and O–H groups in total. The van der Waals surface area contributed by atoms with Gasteiger partial charge in [0.1, 0.15) is 5.82 Å². The molecule has 1 amide bonds. The highest BCUT2D eigenvalue weighted by atomic mass is 16.2. The fraction of sp³-hybridized carbons (Fsp3) is 0.444. The molecule has 0 saturated heterocycles. The Morgan fingerprint density at radius 2 is 2.17 bits per heavy atom. The molecule has 0 saturated carbocycles. The van der Waals surface area contributed by atoms with Gasteiger partial charge in [-0.1, -0.05) is 18.2 Å². The second kappa shape index (κ2) is 6.54. The Morgan fingerprint density at radius 1 is 1.39 bits per heavy atom. The maximum absolute atomic E-state index is 12.7. The van der Waals surface area contributed by atoms with Crippen molar-refractivity contribution in [2.24, 2.45) is 0 Å². The number of para-hydroxylation sites is 1. The minimum Gasteiger partial charge on any atom is -0.334 e. The summed E-state index contributed by atoms with van der Waals surface area (Å²) in [6.07, 6.45) is 4.73. The molecule has 1 atom stereocenters. The number of likely N-dealkylation sites (N-methyl/N-ethyl adjacent to an activating group) is 1. The van der Waals surface area contributed by atoms with Gasteiger partial charge in [-0.25, -0.2) is 4.98 Å². The lowest BCUT2D eigenvalue weighted by molar-refractivity contribution is -0.119. The highest BCUT2D eigenvalue weighted by Gasteiger charge is 2.30. The summed E-state index contributed by atoms with van der Waals surface area (Å²) in [7, 11) is 2.00. The van der Waals surface area contributed by atoms with Crippen LogP contribution in [0.2, 0.25) is 0 Å². The van der Waals surface area contributed by atoms with Gasteiger partial charge in [0.2, 0.25) is 5.91 Å². The number of amides is 1. The minimum absolute atomic E-state index is 0.173. The summed E-state index contributed by atoms with van der Waals surface area (Å²) in [6.45, 7) is 6.22. The van der Waals surface area contributed by atoms with E-state index >= 15 is 0 Å². The number of fused-ring (bicyclic) bond motifs is 1. The van der Waals surface area contributed by atoms with Crippen molar-refractivity contribution < 1.29 is 4.79 Å². The summed E-state index contributed by atoms with van der Waals surface area (Å²) >= 11 is 0. The summed E-state index contributed by atoms with van der Waals surface area (Å²) in [4.78, 5) is 21.0. The van der Waals surface area contributed by atoms with E-state index in [2.05, 4.69) is 27.4 Å². The Kier molecular flexibility index (Phi) is 4.48. The predicted octanol–water partition coefficient (Wildman–Crippen LogP) is 2.10. The van der Waals surface area contributed by atoms with Crippen LogP contribution in [-0.4, -0.2) is 46.5 Å². The van der Waals surface area contributed by atoms with Crippen molar-refractivity contribution in [1.82, 2.24) is 14.5 Å². The zero-order valence-electron chi connectivity index (χ0n) is 14.1. The minimum atomic E-state index is 0.173. The Balaban J connectivity index is 1.59. The van der Waals surface area contributed by atoms with E-state index in [4.69, 9.17) is 0 Å². The van der Waals surface area contributed by atoms with E-state index in [0.29, 0.717) is 6.54 Å². The van der Waals surface area contributed by atoms with Gasteiger partial charge in [0.05, 0.1) is 6.54 Å². The first-order valence-electron chi connectivity index (χ1n) is 8.12. The van der Waals surface area contributed by atoms with Crippen molar-refractivity contribution in [1.29, 1.82) is 0 Å². The van der Waals surface area contributed by atoms with Crippen molar-refractivity contribution in [2.75, 3.05) is 25.0 Å².